The number of benzene rings is 2. The Kier molecular flexibility index (Phi) is 10.3. The average molecular weight is 437 g/mol. The number of hydrogen-bond donors (Lipinski definition) is 2. The second-order valence-corrected chi connectivity index (χ2v) is 6.41. The van der Waals surface area contributed by atoms with Crippen molar-refractivity contribution in [2.45, 2.75) is 27.2 Å². The monoisotopic (exact) mass is 437 g/mol. The van der Waals surface area contributed by atoms with Crippen LogP contribution >= 0.6 is 0 Å². The van der Waals surface area contributed by atoms with Crippen molar-refractivity contribution in [2.24, 2.45) is 0 Å². The summed E-state index contributed by atoms with van der Waals surface area (Å²) in [6.45, 7) is 7.13. The number of aliphatic carboxylic acids is 1. The van der Waals surface area contributed by atoms with Crippen LogP contribution in [-0.2, 0) is 9.59 Å². The van der Waals surface area contributed by atoms with Crippen molar-refractivity contribution in [1.29, 1.82) is 0 Å². The zero-order chi connectivity index (χ0) is 23.6. The molecule has 0 aliphatic heterocycles. The van der Waals surface area contributed by atoms with Gasteiger partial charge in [-0.3, -0.25) is 9.59 Å². The van der Waals surface area contributed by atoms with Gasteiger partial charge in [0.1, 0.15) is 22.9 Å². The largest absolute Gasteiger partial charge is 0.481 e. The minimum atomic E-state index is -1.31. The number of rotatable bonds is 8. The molecule has 0 aromatic heterocycles. The lowest BCUT2D eigenvalue weighted by Gasteiger charge is -2.17. The highest BCUT2D eigenvalue weighted by atomic mass is 19.1. The fourth-order valence-electron chi connectivity index (χ4n) is 2.64. The van der Waals surface area contributed by atoms with E-state index in [0.717, 1.165) is 32.1 Å². The van der Waals surface area contributed by atoms with Crippen molar-refractivity contribution in [1.82, 2.24) is 4.90 Å². The van der Waals surface area contributed by atoms with E-state index in [-0.39, 0.29) is 28.9 Å². The standard InChI is InChI=1S/C20H21F2NO4.C2H4O2/c1-3-23(4-2)10-9-19(24)27-18-8-5-13(11-16(18)20(25)26)15-7-6-14(21)12-17(15)22;1-2(3)4/h5-8,11-12H,3-4,9-10H2,1-2H3,(H,25,26);1H3,(H,3,4). The number of carbonyl (C=O) groups is 3. The fourth-order valence-corrected chi connectivity index (χ4v) is 2.64. The van der Waals surface area contributed by atoms with Crippen LogP contribution in [0.3, 0.4) is 0 Å². The maximum atomic E-state index is 13.9. The summed E-state index contributed by atoms with van der Waals surface area (Å²) >= 11 is 0. The molecule has 0 unspecified atom stereocenters. The molecule has 9 heteroatoms. The fraction of sp³-hybridized carbons (Fsp3) is 0.318. The third-order valence-electron chi connectivity index (χ3n) is 4.20. The van der Waals surface area contributed by atoms with Gasteiger partial charge in [-0.05, 0) is 42.9 Å². The molecule has 0 fully saturated rings. The molecule has 0 atom stereocenters. The van der Waals surface area contributed by atoms with E-state index in [9.17, 15) is 23.5 Å². The summed E-state index contributed by atoms with van der Waals surface area (Å²) in [6, 6.07) is 6.95. The molecule has 168 valence electrons. The third-order valence-corrected chi connectivity index (χ3v) is 4.20. The van der Waals surface area contributed by atoms with Crippen LogP contribution < -0.4 is 4.74 Å². The van der Waals surface area contributed by atoms with E-state index in [4.69, 9.17) is 14.6 Å². The number of carbonyl (C=O) groups excluding carboxylic acids is 1. The van der Waals surface area contributed by atoms with Gasteiger partial charge in [-0.1, -0.05) is 19.9 Å². The van der Waals surface area contributed by atoms with Crippen molar-refractivity contribution < 1.29 is 38.1 Å². The topological polar surface area (TPSA) is 104 Å². The Morgan fingerprint density at radius 2 is 1.61 bits per heavy atom. The molecule has 0 radical (unpaired) electrons. The zero-order valence-corrected chi connectivity index (χ0v) is 17.5. The van der Waals surface area contributed by atoms with Crippen LogP contribution in [0.5, 0.6) is 5.75 Å². The number of esters is 1. The van der Waals surface area contributed by atoms with Crippen molar-refractivity contribution in [3.05, 3.63) is 53.6 Å². The van der Waals surface area contributed by atoms with Gasteiger partial charge in [0.05, 0.1) is 6.42 Å². The summed E-state index contributed by atoms with van der Waals surface area (Å²) in [5.41, 5.74) is 0.0264. The molecule has 2 N–H and O–H groups in total. The SMILES string of the molecule is CC(=O)O.CCN(CC)CCC(=O)Oc1ccc(-c2ccc(F)cc2F)cc1C(=O)O. The Morgan fingerprint density at radius 3 is 2.13 bits per heavy atom. The molecule has 0 amide bonds. The van der Waals surface area contributed by atoms with Crippen LogP contribution in [0.1, 0.15) is 37.6 Å². The van der Waals surface area contributed by atoms with Crippen LogP contribution in [0.4, 0.5) is 8.78 Å². The summed E-state index contributed by atoms with van der Waals surface area (Å²) < 4.78 is 32.2. The van der Waals surface area contributed by atoms with Crippen molar-refractivity contribution in [3.8, 4) is 16.9 Å². The summed E-state index contributed by atoms with van der Waals surface area (Å²) in [6.07, 6.45) is 0.120. The lowest BCUT2D eigenvalue weighted by atomic mass is 10.0. The molecular formula is C22H25F2NO6. The van der Waals surface area contributed by atoms with E-state index < -0.39 is 29.5 Å². The van der Waals surface area contributed by atoms with Crippen molar-refractivity contribution in [3.63, 3.8) is 0 Å². The molecule has 2 rings (SSSR count). The Bertz CT molecular complexity index is 924. The number of aromatic carboxylic acids is 1. The highest BCUT2D eigenvalue weighted by Crippen LogP contribution is 2.29. The minimum Gasteiger partial charge on any atom is -0.481 e. The van der Waals surface area contributed by atoms with Crippen molar-refractivity contribution >= 4 is 17.9 Å². The maximum Gasteiger partial charge on any atom is 0.339 e. The number of hydrogen-bond acceptors (Lipinski definition) is 5. The van der Waals surface area contributed by atoms with Gasteiger partial charge in [-0.25, -0.2) is 13.6 Å². The van der Waals surface area contributed by atoms with Gasteiger partial charge < -0.3 is 19.8 Å². The molecule has 0 saturated heterocycles. The van der Waals surface area contributed by atoms with Gasteiger partial charge in [0, 0.05) is 25.1 Å². The summed E-state index contributed by atoms with van der Waals surface area (Å²) in [7, 11) is 0. The molecule has 2 aromatic carbocycles. The molecule has 0 aliphatic rings. The summed E-state index contributed by atoms with van der Waals surface area (Å²) in [5.74, 6) is -4.35. The van der Waals surface area contributed by atoms with Gasteiger partial charge in [0.25, 0.3) is 5.97 Å². The van der Waals surface area contributed by atoms with Crippen LogP contribution in [0.25, 0.3) is 11.1 Å². The Labute approximate surface area is 178 Å². The first-order valence-corrected chi connectivity index (χ1v) is 9.54. The van der Waals surface area contributed by atoms with Gasteiger partial charge in [-0.2, -0.15) is 0 Å². The van der Waals surface area contributed by atoms with Crippen molar-refractivity contribution in [2.75, 3.05) is 19.6 Å². The first-order chi connectivity index (χ1) is 14.6. The maximum absolute atomic E-state index is 13.9. The minimum absolute atomic E-state index is 0.0540. The highest BCUT2D eigenvalue weighted by Gasteiger charge is 2.18. The van der Waals surface area contributed by atoms with Crippen LogP contribution in [0, 0.1) is 11.6 Å². The van der Waals surface area contributed by atoms with E-state index >= 15 is 0 Å². The first-order valence-electron chi connectivity index (χ1n) is 9.54. The number of ether oxygens (including phenoxy) is 1. The molecule has 0 heterocycles. The molecule has 31 heavy (non-hydrogen) atoms. The predicted molar refractivity (Wildman–Crippen MR) is 110 cm³/mol. The lowest BCUT2D eigenvalue weighted by molar-refractivity contribution is -0.135. The van der Waals surface area contributed by atoms with Crippen LogP contribution in [-0.4, -0.2) is 52.7 Å². The van der Waals surface area contributed by atoms with E-state index in [1.54, 1.807) is 0 Å². The lowest BCUT2D eigenvalue weighted by Crippen LogP contribution is -2.27. The van der Waals surface area contributed by atoms with E-state index in [1.807, 2.05) is 18.7 Å². The Hall–Kier alpha value is -3.33. The number of carboxylic acid groups (broad SMARTS) is 2. The zero-order valence-electron chi connectivity index (χ0n) is 17.5. The van der Waals surface area contributed by atoms with Gasteiger partial charge in [0.15, 0.2) is 0 Å². The molecule has 0 spiro atoms. The summed E-state index contributed by atoms with van der Waals surface area (Å²) in [5, 5.41) is 16.8. The predicted octanol–water partition coefficient (Wildman–Crippen LogP) is 4.06. The normalized spacial score (nSPS) is 10.3. The molecule has 7 nitrogen and oxygen atoms in total. The van der Waals surface area contributed by atoms with Gasteiger partial charge >= 0.3 is 11.9 Å². The van der Waals surface area contributed by atoms with E-state index in [2.05, 4.69) is 0 Å². The molecule has 2 aromatic rings. The van der Waals surface area contributed by atoms with E-state index in [0.29, 0.717) is 6.54 Å². The smallest absolute Gasteiger partial charge is 0.339 e. The second-order valence-electron chi connectivity index (χ2n) is 6.41. The van der Waals surface area contributed by atoms with Gasteiger partial charge in [-0.15, -0.1) is 0 Å². The van der Waals surface area contributed by atoms with Crippen LogP contribution in [0.15, 0.2) is 36.4 Å². The molecule has 0 aliphatic carbocycles. The Morgan fingerprint density at radius 1 is 1.00 bits per heavy atom. The van der Waals surface area contributed by atoms with Gasteiger partial charge in [0.2, 0.25) is 0 Å². The number of nitrogens with zero attached hydrogens (tertiary/aromatic N) is 1. The van der Waals surface area contributed by atoms with Crippen LogP contribution in [0.2, 0.25) is 0 Å². The average Bonchev–Trinajstić information content (AvgIpc) is 2.68. The number of carboxylic acids is 2. The molecular weight excluding hydrogens is 412 g/mol. The molecule has 0 saturated carbocycles. The highest BCUT2D eigenvalue weighted by molar-refractivity contribution is 5.93. The summed E-state index contributed by atoms with van der Waals surface area (Å²) in [4.78, 5) is 34.6. The quantitative estimate of drug-likeness (QED) is 0.474. The Balaban J connectivity index is 0.00000110. The second kappa shape index (κ2) is 12.4. The first kappa shape index (κ1) is 25.7. The van der Waals surface area contributed by atoms with E-state index in [1.165, 1.54) is 24.3 Å². The third kappa shape index (κ3) is 8.51. The molecule has 0 bridgehead atoms. The number of halogens is 2.